The summed E-state index contributed by atoms with van der Waals surface area (Å²) < 4.78 is 26.1. The summed E-state index contributed by atoms with van der Waals surface area (Å²) in [4.78, 5) is 28.1. The van der Waals surface area contributed by atoms with Crippen LogP contribution in [0, 0.1) is 11.6 Å². The smallest absolute Gasteiger partial charge is 0.253 e. The lowest BCUT2D eigenvalue weighted by atomic mass is 10.1. The highest BCUT2D eigenvalue weighted by Crippen LogP contribution is 2.12. The second kappa shape index (κ2) is 8.08. The molecule has 2 aromatic carbocycles. The van der Waals surface area contributed by atoms with Gasteiger partial charge in [-0.05, 0) is 48.4 Å². The maximum Gasteiger partial charge on any atom is 0.253 e. The second-order valence-corrected chi connectivity index (χ2v) is 6.31. The molecule has 2 amide bonds. The Morgan fingerprint density at radius 2 is 1.50 bits per heavy atom. The Morgan fingerprint density at radius 1 is 0.846 bits per heavy atom. The zero-order valence-corrected chi connectivity index (χ0v) is 14.3. The number of halogens is 2. The Labute approximate surface area is 151 Å². The van der Waals surface area contributed by atoms with E-state index < -0.39 is 0 Å². The van der Waals surface area contributed by atoms with Gasteiger partial charge in [0.1, 0.15) is 11.6 Å². The molecule has 1 aliphatic rings. The number of amides is 2. The minimum Gasteiger partial charge on any atom is -0.339 e. The third-order valence-corrected chi connectivity index (χ3v) is 4.53. The van der Waals surface area contributed by atoms with Crippen molar-refractivity contribution >= 4 is 11.8 Å². The van der Waals surface area contributed by atoms with Crippen LogP contribution in [-0.2, 0) is 11.2 Å². The topological polar surface area (TPSA) is 40.6 Å². The van der Waals surface area contributed by atoms with Gasteiger partial charge in [-0.1, -0.05) is 12.1 Å². The summed E-state index contributed by atoms with van der Waals surface area (Å²) in [6.45, 7) is 1.83. The number of hydrogen-bond acceptors (Lipinski definition) is 2. The first-order chi connectivity index (χ1) is 12.5. The molecule has 1 fully saturated rings. The summed E-state index contributed by atoms with van der Waals surface area (Å²) in [5.74, 6) is -0.835. The average molecular weight is 358 g/mol. The van der Waals surface area contributed by atoms with Gasteiger partial charge in [-0.25, -0.2) is 8.78 Å². The monoisotopic (exact) mass is 358 g/mol. The molecular formula is C20H20F2N2O2. The van der Waals surface area contributed by atoms with Crippen LogP contribution in [0.25, 0.3) is 0 Å². The van der Waals surface area contributed by atoms with E-state index in [0.717, 1.165) is 5.56 Å². The van der Waals surface area contributed by atoms with Gasteiger partial charge in [-0.15, -0.1) is 0 Å². The molecule has 0 atom stereocenters. The fourth-order valence-electron chi connectivity index (χ4n) is 3.04. The first kappa shape index (κ1) is 18.0. The van der Waals surface area contributed by atoms with Gasteiger partial charge in [0.05, 0.1) is 0 Å². The molecule has 0 spiro atoms. The average Bonchev–Trinajstić information content (AvgIpc) is 2.66. The maximum absolute atomic E-state index is 13.2. The van der Waals surface area contributed by atoms with Gasteiger partial charge in [-0.3, -0.25) is 9.59 Å². The highest BCUT2D eigenvalue weighted by atomic mass is 19.1. The third kappa shape index (κ3) is 4.45. The SMILES string of the molecule is O=C(CCc1cccc(F)c1)N1CCN(C(=O)c2ccc(F)cc2)CC1. The van der Waals surface area contributed by atoms with Gasteiger partial charge < -0.3 is 9.80 Å². The van der Waals surface area contributed by atoms with Crippen LogP contribution < -0.4 is 0 Å². The van der Waals surface area contributed by atoms with E-state index in [1.165, 1.54) is 36.4 Å². The lowest BCUT2D eigenvalue weighted by molar-refractivity contribution is -0.132. The number of carbonyl (C=O) groups is 2. The molecule has 3 rings (SSSR count). The van der Waals surface area contributed by atoms with Crippen molar-refractivity contribution in [3.63, 3.8) is 0 Å². The fraction of sp³-hybridized carbons (Fsp3) is 0.300. The van der Waals surface area contributed by atoms with Crippen molar-refractivity contribution in [2.24, 2.45) is 0 Å². The van der Waals surface area contributed by atoms with Crippen LogP contribution in [0.2, 0.25) is 0 Å². The van der Waals surface area contributed by atoms with Gasteiger partial charge in [0, 0.05) is 38.2 Å². The molecule has 2 aromatic rings. The predicted octanol–water partition coefficient (Wildman–Crippen LogP) is 2.88. The Bertz CT molecular complexity index is 785. The Morgan fingerprint density at radius 3 is 2.15 bits per heavy atom. The van der Waals surface area contributed by atoms with Gasteiger partial charge >= 0.3 is 0 Å². The molecule has 0 bridgehead atoms. The molecule has 6 heteroatoms. The van der Waals surface area contributed by atoms with Gasteiger partial charge in [0.25, 0.3) is 5.91 Å². The number of piperazine rings is 1. The molecule has 1 saturated heterocycles. The van der Waals surface area contributed by atoms with Crippen LogP contribution >= 0.6 is 0 Å². The van der Waals surface area contributed by atoms with Gasteiger partial charge in [-0.2, -0.15) is 0 Å². The van der Waals surface area contributed by atoms with Crippen molar-refractivity contribution in [2.45, 2.75) is 12.8 Å². The van der Waals surface area contributed by atoms with Crippen LogP contribution in [0.4, 0.5) is 8.78 Å². The summed E-state index contributed by atoms with van der Waals surface area (Å²) in [5.41, 5.74) is 1.24. The second-order valence-electron chi connectivity index (χ2n) is 6.31. The van der Waals surface area contributed by atoms with Crippen LogP contribution in [0.3, 0.4) is 0 Å². The zero-order valence-electron chi connectivity index (χ0n) is 14.3. The number of hydrogen-bond donors (Lipinski definition) is 0. The van der Waals surface area contributed by atoms with E-state index >= 15 is 0 Å². The van der Waals surface area contributed by atoms with E-state index in [2.05, 4.69) is 0 Å². The molecule has 136 valence electrons. The summed E-state index contributed by atoms with van der Waals surface area (Å²) in [7, 11) is 0. The molecule has 0 unspecified atom stereocenters. The summed E-state index contributed by atoms with van der Waals surface area (Å²) in [5, 5.41) is 0. The van der Waals surface area contributed by atoms with E-state index in [1.807, 2.05) is 0 Å². The van der Waals surface area contributed by atoms with Crippen LogP contribution in [-0.4, -0.2) is 47.8 Å². The lowest BCUT2D eigenvalue weighted by Gasteiger charge is -2.35. The Balaban J connectivity index is 1.49. The van der Waals surface area contributed by atoms with Gasteiger partial charge in [0.15, 0.2) is 0 Å². The normalized spacial score (nSPS) is 14.4. The van der Waals surface area contributed by atoms with Crippen molar-refractivity contribution in [3.05, 3.63) is 71.3 Å². The van der Waals surface area contributed by atoms with Crippen molar-refractivity contribution in [2.75, 3.05) is 26.2 Å². The number of rotatable bonds is 4. The standard InChI is InChI=1S/C20H20F2N2O2/c21-17-7-5-16(6-8-17)20(26)24-12-10-23(11-13-24)19(25)9-4-15-2-1-3-18(22)14-15/h1-3,5-8,14H,4,9-13H2. The molecule has 0 aromatic heterocycles. The minimum atomic E-state index is -0.379. The molecule has 4 nitrogen and oxygen atoms in total. The van der Waals surface area contributed by atoms with Crippen molar-refractivity contribution in [3.8, 4) is 0 Å². The first-order valence-electron chi connectivity index (χ1n) is 8.60. The number of aryl methyl sites for hydroxylation is 1. The predicted molar refractivity (Wildman–Crippen MR) is 93.6 cm³/mol. The minimum absolute atomic E-state index is 0.00291. The Kier molecular flexibility index (Phi) is 5.61. The molecule has 1 aliphatic heterocycles. The van der Waals surface area contributed by atoms with E-state index in [-0.39, 0.29) is 23.4 Å². The third-order valence-electron chi connectivity index (χ3n) is 4.53. The van der Waals surface area contributed by atoms with Crippen molar-refractivity contribution < 1.29 is 18.4 Å². The highest BCUT2D eigenvalue weighted by molar-refractivity contribution is 5.94. The highest BCUT2D eigenvalue weighted by Gasteiger charge is 2.24. The summed E-state index contributed by atoms with van der Waals surface area (Å²) >= 11 is 0. The number of benzene rings is 2. The van der Waals surface area contributed by atoms with Gasteiger partial charge in [0.2, 0.25) is 5.91 Å². The van der Waals surface area contributed by atoms with Crippen molar-refractivity contribution in [1.82, 2.24) is 9.80 Å². The van der Waals surface area contributed by atoms with E-state index in [1.54, 1.807) is 21.9 Å². The molecule has 1 heterocycles. The van der Waals surface area contributed by atoms with E-state index in [9.17, 15) is 18.4 Å². The van der Waals surface area contributed by atoms with E-state index in [0.29, 0.717) is 44.6 Å². The summed E-state index contributed by atoms with van der Waals surface area (Å²) in [6, 6.07) is 11.7. The van der Waals surface area contributed by atoms with Crippen LogP contribution in [0.1, 0.15) is 22.3 Å². The Hall–Kier alpha value is -2.76. The van der Waals surface area contributed by atoms with Crippen LogP contribution in [0.15, 0.2) is 48.5 Å². The number of nitrogens with zero attached hydrogens (tertiary/aromatic N) is 2. The number of carbonyl (C=O) groups excluding carboxylic acids is 2. The van der Waals surface area contributed by atoms with Crippen LogP contribution in [0.5, 0.6) is 0 Å². The molecular weight excluding hydrogens is 338 g/mol. The molecule has 0 N–H and O–H groups in total. The summed E-state index contributed by atoms with van der Waals surface area (Å²) in [6.07, 6.45) is 0.806. The maximum atomic E-state index is 13.2. The van der Waals surface area contributed by atoms with Crippen molar-refractivity contribution in [1.29, 1.82) is 0 Å². The molecule has 26 heavy (non-hydrogen) atoms. The quantitative estimate of drug-likeness (QED) is 0.843. The fourth-order valence-corrected chi connectivity index (χ4v) is 3.04. The lowest BCUT2D eigenvalue weighted by Crippen LogP contribution is -2.50. The molecule has 0 radical (unpaired) electrons. The largest absolute Gasteiger partial charge is 0.339 e. The molecule has 0 saturated carbocycles. The molecule has 0 aliphatic carbocycles. The first-order valence-corrected chi connectivity index (χ1v) is 8.60. The van der Waals surface area contributed by atoms with E-state index in [4.69, 9.17) is 0 Å². The zero-order chi connectivity index (χ0) is 18.5.